The van der Waals surface area contributed by atoms with Crippen molar-refractivity contribution in [2.75, 3.05) is 6.61 Å². The van der Waals surface area contributed by atoms with Crippen LogP contribution in [0.1, 0.15) is 18.1 Å². The largest absolute Gasteiger partial charge is 0.494 e. The third-order valence-electron chi connectivity index (χ3n) is 1.83. The third kappa shape index (κ3) is 2.71. The first-order valence-corrected chi connectivity index (χ1v) is 4.54. The van der Waals surface area contributed by atoms with E-state index in [1.807, 2.05) is 32.0 Å². The van der Waals surface area contributed by atoms with E-state index in [-0.39, 0.29) is 0 Å². The summed E-state index contributed by atoms with van der Waals surface area (Å²) in [5.74, 6) is 0.789. The average Bonchev–Trinajstić information content (AvgIpc) is 2.18. The second kappa shape index (κ2) is 5.20. The lowest BCUT2D eigenvalue weighted by Gasteiger charge is -2.08. The molecule has 0 fully saturated rings. The molecule has 1 aromatic rings. The summed E-state index contributed by atoms with van der Waals surface area (Å²) in [4.78, 5) is 13.5. The van der Waals surface area contributed by atoms with E-state index in [2.05, 4.69) is 4.99 Å². The van der Waals surface area contributed by atoms with Crippen LogP contribution in [0.15, 0.2) is 23.2 Å². The van der Waals surface area contributed by atoms with E-state index in [4.69, 9.17) is 4.74 Å². The van der Waals surface area contributed by atoms with Gasteiger partial charge in [0.2, 0.25) is 6.08 Å². The fourth-order valence-electron chi connectivity index (χ4n) is 1.25. The lowest BCUT2D eigenvalue weighted by molar-refractivity contribution is 0.336. The van der Waals surface area contributed by atoms with Crippen molar-refractivity contribution in [3.8, 4) is 5.75 Å². The zero-order valence-electron chi connectivity index (χ0n) is 8.41. The number of hydrogen-bond acceptors (Lipinski definition) is 3. The fourth-order valence-corrected chi connectivity index (χ4v) is 1.25. The topological polar surface area (TPSA) is 38.7 Å². The number of nitrogens with zero attached hydrogens (tertiary/aromatic N) is 1. The van der Waals surface area contributed by atoms with Crippen LogP contribution in [0.2, 0.25) is 0 Å². The number of ether oxygens (including phenoxy) is 1. The van der Waals surface area contributed by atoms with Crippen molar-refractivity contribution in [2.24, 2.45) is 4.99 Å². The van der Waals surface area contributed by atoms with Crippen LogP contribution in [0.4, 0.5) is 0 Å². The van der Waals surface area contributed by atoms with E-state index >= 15 is 0 Å². The molecule has 14 heavy (non-hydrogen) atoms. The van der Waals surface area contributed by atoms with Crippen molar-refractivity contribution >= 4 is 6.08 Å². The molecule has 0 unspecified atom stereocenters. The van der Waals surface area contributed by atoms with E-state index in [1.165, 1.54) is 6.08 Å². The van der Waals surface area contributed by atoms with Gasteiger partial charge < -0.3 is 4.74 Å². The molecule has 0 aliphatic rings. The van der Waals surface area contributed by atoms with Gasteiger partial charge in [-0.1, -0.05) is 17.7 Å². The van der Waals surface area contributed by atoms with Crippen LogP contribution in [0, 0.1) is 6.92 Å². The third-order valence-corrected chi connectivity index (χ3v) is 1.83. The number of hydrogen-bond donors (Lipinski definition) is 0. The van der Waals surface area contributed by atoms with Crippen LogP contribution in [0.5, 0.6) is 5.75 Å². The maximum absolute atomic E-state index is 10.00. The summed E-state index contributed by atoms with van der Waals surface area (Å²) in [6.07, 6.45) is 1.52. The van der Waals surface area contributed by atoms with Crippen molar-refractivity contribution in [3.05, 3.63) is 29.3 Å². The highest BCUT2D eigenvalue weighted by Gasteiger charge is 2.02. The highest BCUT2D eigenvalue weighted by molar-refractivity contribution is 5.39. The van der Waals surface area contributed by atoms with Crippen LogP contribution in [-0.2, 0) is 11.3 Å². The first-order valence-electron chi connectivity index (χ1n) is 4.54. The van der Waals surface area contributed by atoms with Crippen LogP contribution in [0.3, 0.4) is 0 Å². The molecular weight excluding hydrogens is 178 g/mol. The molecule has 0 N–H and O–H groups in total. The molecule has 3 nitrogen and oxygen atoms in total. The normalized spacial score (nSPS) is 9.29. The first kappa shape index (κ1) is 10.5. The zero-order valence-corrected chi connectivity index (χ0v) is 8.41. The predicted octanol–water partition coefficient (Wildman–Crippen LogP) is 2.23. The van der Waals surface area contributed by atoms with Gasteiger partial charge in [-0.15, -0.1) is 0 Å². The van der Waals surface area contributed by atoms with E-state index in [9.17, 15) is 4.79 Å². The van der Waals surface area contributed by atoms with Gasteiger partial charge in [0.15, 0.2) is 0 Å². The van der Waals surface area contributed by atoms with Gasteiger partial charge in [0, 0.05) is 5.56 Å². The predicted molar refractivity (Wildman–Crippen MR) is 54.2 cm³/mol. The summed E-state index contributed by atoms with van der Waals surface area (Å²) in [7, 11) is 0. The van der Waals surface area contributed by atoms with Gasteiger partial charge in [-0.05, 0) is 19.9 Å². The molecule has 0 atom stereocenters. The molecule has 1 aromatic carbocycles. The Bertz CT molecular complexity index is 354. The molecule has 3 heteroatoms. The summed E-state index contributed by atoms with van der Waals surface area (Å²) >= 11 is 0. The Balaban J connectivity index is 2.95. The van der Waals surface area contributed by atoms with Crippen molar-refractivity contribution in [3.63, 3.8) is 0 Å². The lowest BCUT2D eigenvalue weighted by Crippen LogP contribution is -1.96. The smallest absolute Gasteiger partial charge is 0.235 e. The van der Waals surface area contributed by atoms with Crippen LogP contribution >= 0.6 is 0 Å². The molecule has 0 aliphatic heterocycles. The molecule has 0 saturated carbocycles. The van der Waals surface area contributed by atoms with Crippen LogP contribution < -0.4 is 4.74 Å². The van der Waals surface area contributed by atoms with Gasteiger partial charge >= 0.3 is 0 Å². The zero-order chi connectivity index (χ0) is 10.4. The Labute approximate surface area is 83.4 Å². The summed E-state index contributed by atoms with van der Waals surface area (Å²) < 4.78 is 5.40. The maximum atomic E-state index is 10.00. The first-order chi connectivity index (χ1) is 6.77. The lowest BCUT2D eigenvalue weighted by atomic mass is 10.1. The second-order valence-electron chi connectivity index (χ2n) is 2.95. The quantitative estimate of drug-likeness (QED) is 0.540. The number of rotatable bonds is 4. The molecule has 0 aromatic heterocycles. The Kier molecular flexibility index (Phi) is 3.89. The SMILES string of the molecule is CCOc1ccc(C)cc1CN=C=O. The molecular formula is C11H13NO2. The summed E-state index contributed by atoms with van der Waals surface area (Å²) in [5.41, 5.74) is 2.06. The van der Waals surface area contributed by atoms with Crippen LogP contribution in [-0.4, -0.2) is 12.7 Å². The minimum absolute atomic E-state index is 0.334. The van der Waals surface area contributed by atoms with E-state index in [0.717, 1.165) is 16.9 Å². The fraction of sp³-hybridized carbons (Fsp3) is 0.364. The summed E-state index contributed by atoms with van der Waals surface area (Å²) in [6.45, 7) is 4.86. The summed E-state index contributed by atoms with van der Waals surface area (Å²) in [5, 5.41) is 0. The second-order valence-corrected chi connectivity index (χ2v) is 2.95. The molecule has 1 rings (SSSR count). The number of carbonyl (C=O) groups excluding carboxylic acids is 1. The molecule has 0 heterocycles. The van der Waals surface area contributed by atoms with E-state index in [0.29, 0.717) is 13.2 Å². The molecule has 0 spiro atoms. The standard InChI is InChI=1S/C11H13NO2/c1-3-14-11-5-4-9(2)6-10(11)7-12-8-13/h4-6H,3,7H2,1-2H3. The van der Waals surface area contributed by atoms with Gasteiger partial charge in [0.1, 0.15) is 5.75 Å². The van der Waals surface area contributed by atoms with Gasteiger partial charge in [-0.3, -0.25) is 0 Å². The van der Waals surface area contributed by atoms with Gasteiger partial charge in [0.25, 0.3) is 0 Å². The van der Waals surface area contributed by atoms with Crippen molar-refractivity contribution in [2.45, 2.75) is 20.4 Å². The number of benzene rings is 1. The molecule has 0 amide bonds. The Morgan fingerprint density at radius 1 is 1.50 bits per heavy atom. The molecule has 0 bridgehead atoms. The summed E-state index contributed by atoms with van der Waals surface area (Å²) in [6, 6.07) is 5.83. The van der Waals surface area contributed by atoms with Crippen molar-refractivity contribution in [1.82, 2.24) is 0 Å². The molecule has 0 saturated heterocycles. The highest BCUT2D eigenvalue weighted by atomic mass is 16.5. The van der Waals surface area contributed by atoms with Crippen molar-refractivity contribution < 1.29 is 9.53 Å². The Morgan fingerprint density at radius 2 is 2.29 bits per heavy atom. The average molecular weight is 191 g/mol. The number of aryl methyl sites for hydroxylation is 1. The van der Waals surface area contributed by atoms with Crippen molar-refractivity contribution in [1.29, 1.82) is 0 Å². The Hall–Kier alpha value is -1.60. The van der Waals surface area contributed by atoms with E-state index < -0.39 is 0 Å². The maximum Gasteiger partial charge on any atom is 0.235 e. The minimum Gasteiger partial charge on any atom is -0.494 e. The van der Waals surface area contributed by atoms with E-state index in [1.54, 1.807) is 0 Å². The Morgan fingerprint density at radius 3 is 2.93 bits per heavy atom. The highest BCUT2D eigenvalue weighted by Crippen LogP contribution is 2.20. The van der Waals surface area contributed by atoms with Gasteiger partial charge in [0.05, 0.1) is 13.2 Å². The van der Waals surface area contributed by atoms with Crippen LogP contribution in [0.25, 0.3) is 0 Å². The number of isocyanates is 1. The number of aliphatic imine (C=N–C) groups is 1. The minimum atomic E-state index is 0.334. The van der Waals surface area contributed by atoms with Gasteiger partial charge in [-0.25, -0.2) is 9.79 Å². The molecule has 74 valence electrons. The monoisotopic (exact) mass is 191 g/mol. The molecule has 0 radical (unpaired) electrons. The van der Waals surface area contributed by atoms with Gasteiger partial charge in [-0.2, -0.15) is 0 Å². The molecule has 0 aliphatic carbocycles.